The molecule has 2 aromatic rings. The van der Waals surface area contributed by atoms with Crippen LogP contribution in [0.15, 0.2) is 36.5 Å². The zero-order valence-corrected chi connectivity index (χ0v) is 10.2. The van der Waals surface area contributed by atoms with E-state index in [1.54, 1.807) is 0 Å². The molecule has 1 aliphatic rings. The second kappa shape index (κ2) is 3.81. The van der Waals surface area contributed by atoms with E-state index >= 15 is 0 Å². The molecule has 0 spiro atoms. The molecule has 2 heteroatoms. The average molecular weight is 224 g/mol. The Morgan fingerprint density at radius 3 is 3.00 bits per heavy atom. The van der Waals surface area contributed by atoms with Crippen molar-refractivity contribution >= 4 is 22.7 Å². The number of para-hydroxylation sites is 1. The highest BCUT2D eigenvalue weighted by Crippen LogP contribution is 2.31. The summed E-state index contributed by atoms with van der Waals surface area (Å²) in [5.41, 5.74) is 5.27. The van der Waals surface area contributed by atoms with E-state index < -0.39 is 0 Å². The lowest BCUT2D eigenvalue weighted by Gasteiger charge is -2.14. The number of fused-ring (bicyclic) bond motifs is 3. The molecular formula is C15H16N2. The standard InChI is InChI=1S/C15H16N2/c1-3-11(2)17-14-7-5-4-6-12(14)13-8-9-16-10-15(13)17/h3-9,16H,10H2,1-2H3/b11-3+. The van der Waals surface area contributed by atoms with Crippen molar-refractivity contribution in [2.24, 2.45) is 0 Å². The van der Waals surface area contributed by atoms with E-state index in [4.69, 9.17) is 0 Å². The third-order valence-corrected chi connectivity index (χ3v) is 3.42. The van der Waals surface area contributed by atoms with Crippen LogP contribution in [-0.4, -0.2) is 4.57 Å². The van der Waals surface area contributed by atoms with Gasteiger partial charge in [0.25, 0.3) is 0 Å². The number of nitrogens with zero attached hydrogens (tertiary/aromatic N) is 1. The van der Waals surface area contributed by atoms with Gasteiger partial charge >= 0.3 is 0 Å². The first-order valence-electron chi connectivity index (χ1n) is 5.98. The zero-order chi connectivity index (χ0) is 11.8. The van der Waals surface area contributed by atoms with Crippen molar-refractivity contribution in [2.45, 2.75) is 20.4 Å². The van der Waals surface area contributed by atoms with Crippen molar-refractivity contribution < 1.29 is 0 Å². The molecular weight excluding hydrogens is 208 g/mol. The highest BCUT2D eigenvalue weighted by molar-refractivity contribution is 5.94. The van der Waals surface area contributed by atoms with Gasteiger partial charge in [-0.15, -0.1) is 0 Å². The SMILES string of the molecule is C/C=C(\C)n1c2c(c3ccccc31)C=CNC2. The monoisotopic (exact) mass is 224 g/mol. The largest absolute Gasteiger partial charge is 0.385 e. The normalized spacial score (nSPS) is 14.8. The van der Waals surface area contributed by atoms with Crippen LogP contribution in [0.2, 0.25) is 0 Å². The van der Waals surface area contributed by atoms with Gasteiger partial charge in [0.05, 0.1) is 12.1 Å². The molecule has 2 nitrogen and oxygen atoms in total. The molecule has 0 bridgehead atoms. The summed E-state index contributed by atoms with van der Waals surface area (Å²) in [4.78, 5) is 0. The molecule has 0 atom stereocenters. The van der Waals surface area contributed by atoms with Crippen molar-refractivity contribution in [3.05, 3.63) is 47.8 Å². The van der Waals surface area contributed by atoms with Gasteiger partial charge in [-0.2, -0.15) is 0 Å². The van der Waals surface area contributed by atoms with Crippen molar-refractivity contribution in [1.82, 2.24) is 9.88 Å². The van der Waals surface area contributed by atoms with Crippen LogP contribution >= 0.6 is 0 Å². The van der Waals surface area contributed by atoms with E-state index in [-0.39, 0.29) is 0 Å². The summed E-state index contributed by atoms with van der Waals surface area (Å²) in [6.07, 6.45) is 6.36. The molecule has 2 heterocycles. The van der Waals surface area contributed by atoms with Crippen LogP contribution in [0.1, 0.15) is 25.1 Å². The molecule has 0 aliphatic carbocycles. The highest BCUT2D eigenvalue weighted by Gasteiger charge is 2.16. The third-order valence-electron chi connectivity index (χ3n) is 3.42. The molecule has 86 valence electrons. The van der Waals surface area contributed by atoms with Gasteiger partial charge in [0, 0.05) is 22.3 Å². The third kappa shape index (κ3) is 1.41. The van der Waals surface area contributed by atoms with Crippen molar-refractivity contribution in [1.29, 1.82) is 0 Å². The Bertz CT molecular complexity index is 630. The number of hydrogen-bond acceptors (Lipinski definition) is 1. The van der Waals surface area contributed by atoms with Gasteiger partial charge in [0.15, 0.2) is 0 Å². The maximum Gasteiger partial charge on any atom is 0.0557 e. The molecule has 1 aromatic carbocycles. The van der Waals surface area contributed by atoms with E-state index in [2.05, 4.69) is 60.1 Å². The Morgan fingerprint density at radius 2 is 2.18 bits per heavy atom. The van der Waals surface area contributed by atoms with Crippen LogP contribution in [-0.2, 0) is 6.54 Å². The van der Waals surface area contributed by atoms with Crippen LogP contribution in [0, 0.1) is 0 Å². The summed E-state index contributed by atoms with van der Waals surface area (Å²) in [7, 11) is 0. The second-order valence-corrected chi connectivity index (χ2v) is 4.36. The molecule has 3 rings (SSSR count). The first-order valence-corrected chi connectivity index (χ1v) is 5.98. The highest BCUT2D eigenvalue weighted by atomic mass is 15.0. The lowest BCUT2D eigenvalue weighted by molar-refractivity contribution is 0.806. The maximum atomic E-state index is 3.29. The molecule has 0 saturated carbocycles. The fourth-order valence-corrected chi connectivity index (χ4v) is 2.51. The van der Waals surface area contributed by atoms with E-state index in [1.807, 2.05) is 6.20 Å². The van der Waals surface area contributed by atoms with Gasteiger partial charge in [-0.1, -0.05) is 24.3 Å². The second-order valence-electron chi connectivity index (χ2n) is 4.36. The molecule has 17 heavy (non-hydrogen) atoms. The van der Waals surface area contributed by atoms with Crippen molar-refractivity contribution in [2.75, 3.05) is 0 Å². The number of allylic oxidation sites excluding steroid dienone is 2. The number of nitrogens with one attached hydrogen (secondary N) is 1. The van der Waals surface area contributed by atoms with Crippen LogP contribution in [0.25, 0.3) is 22.7 Å². The van der Waals surface area contributed by atoms with Crippen LogP contribution < -0.4 is 5.32 Å². The number of benzene rings is 1. The molecule has 0 unspecified atom stereocenters. The Morgan fingerprint density at radius 1 is 1.35 bits per heavy atom. The van der Waals surface area contributed by atoms with E-state index in [1.165, 1.54) is 27.9 Å². The van der Waals surface area contributed by atoms with Gasteiger partial charge < -0.3 is 9.88 Å². The summed E-state index contributed by atoms with van der Waals surface area (Å²) in [5.74, 6) is 0. The fraction of sp³-hybridized carbons (Fsp3) is 0.200. The minimum atomic E-state index is 0.895. The number of hydrogen-bond donors (Lipinski definition) is 1. The van der Waals surface area contributed by atoms with E-state index in [9.17, 15) is 0 Å². The molecule has 1 N–H and O–H groups in total. The molecule has 1 aliphatic heterocycles. The first kappa shape index (κ1) is 10.2. The summed E-state index contributed by atoms with van der Waals surface area (Å²) < 4.78 is 2.35. The van der Waals surface area contributed by atoms with Crippen molar-refractivity contribution in [3.8, 4) is 0 Å². The first-order chi connectivity index (χ1) is 8.33. The molecule has 0 radical (unpaired) electrons. The zero-order valence-electron chi connectivity index (χ0n) is 10.2. The predicted molar refractivity (Wildman–Crippen MR) is 73.4 cm³/mol. The lowest BCUT2D eigenvalue weighted by atomic mass is 10.1. The quantitative estimate of drug-likeness (QED) is 0.783. The minimum absolute atomic E-state index is 0.895. The molecule has 1 aromatic heterocycles. The summed E-state index contributed by atoms with van der Waals surface area (Å²) >= 11 is 0. The minimum Gasteiger partial charge on any atom is -0.385 e. The molecule has 0 fully saturated rings. The lowest BCUT2D eigenvalue weighted by Crippen LogP contribution is -2.13. The van der Waals surface area contributed by atoms with Gasteiger partial charge in [0.2, 0.25) is 0 Å². The maximum absolute atomic E-state index is 3.29. The van der Waals surface area contributed by atoms with Gasteiger partial charge in [-0.3, -0.25) is 0 Å². The Labute approximate surface area is 101 Å². The Balaban J connectivity index is 2.44. The number of rotatable bonds is 1. The summed E-state index contributed by atoms with van der Waals surface area (Å²) in [6, 6.07) is 8.59. The van der Waals surface area contributed by atoms with Gasteiger partial charge in [0.1, 0.15) is 0 Å². The predicted octanol–water partition coefficient (Wildman–Crippen LogP) is 3.60. The summed E-state index contributed by atoms with van der Waals surface area (Å²) in [5, 5.41) is 4.63. The molecule has 0 amide bonds. The van der Waals surface area contributed by atoms with Crippen LogP contribution in [0.5, 0.6) is 0 Å². The van der Waals surface area contributed by atoms with E-state index in [0.717, 1.165) is 6.54 Å². The van der Waals surface area contributed by atoms with Gasteiger partial charge in [-0.05, 0) is 32.2 Å². The van der Waals surface area contributed by atoms with E-state index in [0.29, 0.717) is 0 Å². The fourth-order valence-electron chi connectivity index (χ4n) is 2.51. The number of aromatic nitrogens is 1. The summed E-state index contributed by atoms with van der Waals surface area (Å²) in [6.45, 7) is 5.14. The average Bonchev–Trinajstić information content (AvgIpc) is 2.72. The van der Waals surface area contributed by atoms with Gasteiger partial charge in [-0.25, -0.2) is 0 Å². The molecule has 0 saturated heterocycles. The Hall–Kier alpha value is -1.96. The van der Waals surface area contributed by atoms with Crippen molar-refractivity contribution in [3.63, 3.8) is 0 Å². The topological polar surface area (TPSA) is 17.0 Å². The van der Waals surface area contributed by atoms with Crippen LogP contribution in [0.3, 0.4) is 0 Å². The van der Waals surface area contributed by atoms with Crippen LogP contribution in [0.4, 0.5) is 0 Å². The smallest absolute Gasteiger partial charge is 0.0557 e. The Kier molecular flexibility index (Phi) is 2.29.